The Morgan fingerprint density at radius 2 is 1.93 bits per heavy atom. The molecule has 0 radical (unpaired) electrons. The Morgan fingerprint density at radius 3 is 2.50 bits per heavy atom. The molecular formula is C19H19BrF3N3O2. The van der Waals surface area contributed by atoms with E-state index in [9.17, 15) is 18.0 Å². The van der Waals surface area contributed by atoms with Crippen LogP contribution in [0.2, 0.25) is 0 Å². The van der Waals surface area contributed by atoms with Crippen LogP contribution in [0.3, 0.4) is 0 Å². The summed E-state index contributed by atoms with van der Waals surface area (Å²) in [5.74, 6) is -0.609. The predicted octanol–water partition coefficient (Wildman–Crippen LogP) is 4.62. The lowest BCUT2D eigenvalue weighted by molar-refractivity contribution is -0.137. The summed E-state index contributed by atoms with van der Waals surface area (Å²) in [4.78, 5) is 16.2. The molecule has 1 aromatic carbocycles. The van der Waals surface area contributed by atoms with Crippen LogP contribution in [0.15, 0.2) is 52.1 Å². The number of hydrogen-bond acceptors (Lipinski definition) is 4. The number of alkyl halides is 3. The number of hydrogen-bond donors (Lipinski definition) is 1. The quantitative estimate of drug-likeness (QED) is 0.665. The molecule has 0 bridgehead atoms. The molecular weight excluding hydrogens is 439 g/mol. The second-order valence-corrected chi connectivity index (χ2v) is 7.12. The maximum Gasteiger partial charge on any atom is 0.418 e. The van der Waals surface area contributed by atoms with Gasteiger partial charge in [0.2, 0.25) is 0 Å². The van der Waals surface area contributed by atoms with Crippen molar-refractivity contribution in [2.24, 2.45) is 0 Å². The average molecular weight is 458 g/mol. The number of furan rings is 1. The second-order valence-electron chi connectivity index (χ2n) is 6.33. The van der Waals surface area contributed by atoms with Crippen LogP contribution in [-0.4, -0.2) is 43.5 Å². The van der Waals surface area contributed by atoms with E-state index in [4.69, 9.17) is 4.42 Å². The molecule has 1 aliphatic heterocycles. The second kappa shape index (κ2) is 8.40. The van der Waals surface area contributed by atoms with Crippen LogP contribution in [0.25, 0.3) is 0 Å². The Kier molecular flexibility index (Phi) is 6.14. The molecule has 2 aromatic rings. The summed E-state index contributed by atoms with van der Waals surface area (Å²) in [5, 5.41) is 2.56. The first-order chi connectivity index (χ1) is 13.3. The normalized spacial score (nSPS) is 15.5. The van der Waals surface area contributed by atoms with E-state index < -0.39 is 17.6 Å². The molecule has 1 fully saturated rings. The van der Waals surface area contributed by atoms with Crippen molar-refractivity contribution in [1.82, 2.24) is 4.90 Å². The van der Waals surface area contributed by atoms with Gasteiger partial charge in [-0.1, -0.05) is 12.1 Å². The number of benzene rings is 1. The van der Waals surface area contributed by atoms with Crippen molar-refractivity contribution in [3.63, 3.8) is 0 Å². The van der Waals surface area contributed by atoms with Crippen molar-refractivity contribution >= 4 is 33.2 Å². The molecule has 150 valence electrons. The molecule has 5 nitrogen and oxygen atoms in total. The number of rotatable bonds is 5. The summed E-state index contributed by atoms with van der Waals surface area (Å²) in [5.41, 5.74) is -0.695. The minimum absolute atomic E-state index is 0.00559. The predicted molar refractivity (Wildman–Crippen MR) is 105 cm³/mol. The van der Waals surface area contributed by atoms with Gasteiger partial charge in [-0.3, -0.25) is 9.69 Å². The highest BCUT2D eigenvalue weighted by molar-refractivity contribution is 9.10. The lowest BCUT2D eigenvalue weighted by Gasteiger charge is -2.37. The zero-order valence-corrected chi connectivity index (χ0v) is 16.5. The van der Waals surface area contributed by atoms with Crippen molar-refractivity contribution in [3.05, 3.63) is 59.0 Å². The number of nitrogens with zero attached hydrogens (tertiary/aromatic N) is 2. The van der Waals surface area contributed by atoms with Crippen LogP contribution < -0.4 is 10.2 Å². The van der Waals surface area contributed by atoms with Crippen molar-refractivity contribution in [2.75, 3.05) is 42.9 Å². The Balaban J connectivity index is 1.92. The molecule has 1 N–H and O–H groups in total. The van der Waals surface area contributed by atoms with Crippen LogP contribution >= 0.6 is 15.9 Å². The third-order valence-electron chi connectivity index (χ3n) is 4.46. The van der Waals surface area contributed by atoms with Gasteiger partial charge in [0.15, 0.2) is 10.4 Å². The summed E-state index contributed by atoms with van der Waals surface area (Å²) in [6.45, 7) is 6.42. The fourth-order valence-corrected chi connectivity index (χ4v) is 3.48. The van der Waals surface area contributed by atoms with Gasteiger partial charge < -0.3 is 14.6 Å². The van der Waals surface area contributed by atoms with E-state index in [1.165, 1.54) is 18.2 Å². The first kappa shape index (κ1) is 20.5. The maximum absolute atomic E-state index is 13.7. The fourth-order valence-electron chi connectivity index (χ4n) is 3.17. The zero-order valence-electron chi connectivity index (χ0n) is 14.9. The number of amides is 1. The molecule has 1 aliphatic rings. The zero-order chi connectivity index (χ0) is 20.3. The highest BCUT2D eigenvalue weighted by Crippen LogP contribution is 2.41. The maximum atomic E-state index is 13.7. The largest absolute Gasteiger partial charge is 0.444 e. The Labute approximate surface area is 168 Å². The molecule has 0 unspecified atom stereocenters. The molecule has 1 aromatic heterocycles. The smallest absolute Gasteiger partial charge is 0.418 e. The SMILES string of the molecule is C=CCN1CCN(c2c(NC(=O)c3ccc(Br)o3)cccc2C(F)(F)F)CC1. The van der Waals surface area contributed by atoms with Gasteiger partial charge >= 0.3 is 6.18 Å². The van der Waals surface area contributed by atoms with E-state index in [0.717, 1.165) is 6.07 Å². The summed E-state index contributed by atoms with van der Waals surface area (Å²) in [6.07, 6.45) is -2.77. The van der Waals surface area contributed by atoms with E-state index in [2.05, 4.69) is 32.7 Å². The van der Waals surface area contributed by atoms with Gasteiger partial charge in [0, 0.05) is 32.7 Å². The molecule has 1 saturated heterocycles. The molecule has 9 heteroatoms. The van der Waals surface area contributed by atoms with Crippen LogP contribution in [0, 0.1) is 0 Å². The minimum Gasteiger partial charge on any atom is -0.444 e. The Bertz CT molecular complexity index is 858. The first-order valence-electron chi connectivity index (χ1n) is 8.64. The van der Waals surface area contributed by atoms with Gasteiger partial charge in [0.05, 0.1) is 16.9 Å². The van der Waals surface area contributed by atoms with Crippen molar-refractivity contribution in [3.8, 4) is 0 Å². The van der Waals surface area contributed by atoms with Gasteiger partial charge in [0.1, 0.15) is 0 Å². The number of halogens is 4. The van der Waals surface area contributed by atoms with Crippen molar-refractivity contribution < 1.29 is 22.4 Å². The number of piperazine rings is 1. The number of para-hydroxylation sites is 1. The fraction of sp³-hybridized carbons (Fsp3) is 0.316. The third-order valence-corrected chi connectivity index (χ3v) is 4.89. The average Bonchev–Trinajstić information content (AvgIpc) is 3.08. The molecule has 1 amide bonds. The number of carbonyl (C=O) groups excluding carboxylic acids is 1. The molecule has 0 atom stereocenters. The first-order valence-corrected chi connectivity index (χ1v) is 9.44. The molecule has 28 heavy (non-hydrogen) atoms. The van der Waals surface area contributed by atoms with Gasteiger partial charge in [-0.15, -0.1) is 6.58 Å². The molecule has 0 aliphatic carbocycles. The highest BCUT2D eigenvalue weighted by Gasteiger charge is 2.37. The number of nitrogens with one attached hydrogen (secondary N) is 1. The van der Waals surface area contributed by atoms with Crippen molar-refractivity contribution in [2.45, 2.75) is 6.18 Å². The monoisotopic (exact) mass is 457 g/mol. The Morgan fingerprint density at radius 1 is 1.21 bits per heavy atom. The van der Waals surface area contributed by atoms with Gasteiger partial charge in [-0.05, 0) is 40.2 Å². The Hall–Kier alpha value is -2.26. The summed E-state index contributed by atoms with van der Waals surface area (Å²) in [7, 11) is 0. The minimum atomic E-state index is -4.54. The van der Waals surface area contributed by atoms with E-state index in [0.29, 0.717) is 37.4 Å². The lowest BCUT2D eigenvalue weighted by Crippen LogP contribution is -2.47. The standard InChI is InChI=1S/C19H19BrF3N3O2/c1-2-8-25-9-11-26(12-10-25)17-13(19(21,22)23)4-3-5-14(17)24-18(27)15-6-7-16(20)28-15/h2-7H,1,8-12H2,(H,24,27). The summed E-state index contributed by atoms with van der Waals surface area (Å²) >= 11 is 3.10. The van der Waals surface area contributed by atoms with Crippen LogP contribution in [0.5, 0.6) is 0 Å². The van der Waals surface area contributed by atoms with Gasteiger partial charge in [0.25, 0.3) is 5.91 Å². The molecule has 0 saturated carbocycles. The highest BCUT2D eigenvalue weighted by atomic mass is 79.9. The van der Waals surface area contributed by atoms with Crippen LogP contribution in [0.4, 0.5) is 24.5 Å². The number of anilines is 2. The lowest BCUT2D eigenvalue weighted by atomic mass is 10.1. The molecule has 3 rings (SSSR count). The van der Waals surface area contributed by atoms with Gasteiger partial charge in [-0.25, -0.2) is 0 Å². The van der Waals surface area contributed by atoms with E-state index >= 15 is 0 Å². The molecule has 0 spiro atoms. The number of carbonyl (C=O) groups is 1. The van der Waals surface area contributed by atoms with Crippen LogP contribution in [0.1, 0.15) is 16.1 Å². The van der Waals surface area contributed by atoms with Crippen molar-refractivity contribution in [1.29, 1.82) is 0 Å². The third kappa shape index (κ3) is 4.59. The van der Waals surface area contributed by atoms with Gasteiger partial charge in [-0.2, -0.15) is 13.2 Å². The van der Waals surface area contributed by atoms with E-state index in [1.807, 2.05) is 0 Å². The van der Waals surface area contributed by atoms with E-state index in [1.54, 1.807) is 17.0 Å². The topological polar surface area (TPSA) is 48.7 Å². The van der Waals surface area contributed by atoms with E-state index in [-0.39, 0.29) is 17.1 Å². The summed E-state index contributed by atoms with van der Waals surface area (Å²) < 4.78 is 46.5. The summed E-state index contributed by atoms with van der Waals surface area (Å²) in [6, 6.07) is 6.77. The van der Waals surface area contributed by atoms with Crippen LogP contribution in [-0.2, 0) is 6.18 Å². The molecule has 2 heterocycles.